The molecule has 0 bridgehead atoms. The minimum atomic E-state index is -0.791. The van der Waals surface area contributed by atoms with E-state index in [0.29, 0.717) is 0 Å². The Kier molecular flexibility index (Phi) is 6.49. The Hall–Kier alpha value is -2.64. The van der Waals surface area contributed by atoms with Gasteiger partial charge in [0.2, 0.25) is 0 Å². The average Bonchev–Trinajstić information content (AvgIpc) is 2.42. The Morgan fingerprint density at radius 2 is 1.70 bits per heavy atom. The number of imide groups is 1. The number of ether oxygens (including phenoxy) is 2. The Labute approximate surface area is 133 Å². The Morgan fingerprint density at radius 3 is 2.26 bits per heavy atom. The number of hydrogen-bond donors (Lipinski definition) is 2. The zero-order valence-corrected chi connectivity index (χ0v) is 13.1. The molecule has 0 aromatic heterocycles. The van der Waals surface area contributed by atoms with Crippen LogP contribution < -0.4 is 15.4 Å². The predicted octanol–water partition coefficient (Wildman–Crippen LogP) is 1.37. The van der Waals surface area contributed by atoms with Crippen molar-refractivity contribution in [2.45, 2.75) is 26.3 Å². The van der Waals surface area contributed by atoms with Gasteiger partial charge in [-0.05, 0) is 45.0 Å². The lowest BCUT2D eigenvalue weighted by atomic mass is 10.1. The van der Waals surface area contributed by atoms with E-state index >= 15 is 0 Å². The maximum Gasteiger partial charge on any atom is 0.344 e. The van der Waals surface area contributed by atoms with Crippen LogP contribution in [0.3, 0.4) is 0 Å². The summed E-state index contributed by atoms with van der Waals surface area (Å²) in [4.78, 5) is 34.2. The largest absolute Gasteiger partial charge is 0.482 e. The summed E-state index contributed by atoms with van der Waals surface area (Å²) in [6.45, 7) is 4.22. The molecular formula is C15H19FN2O5. The summed E-state index contributed by atoms with van der Waals surface area (Å²) in [7, 11) is 0. The molecule has 0 aliphatic rings. The fourth-order valence-electron chi connectivity index (χ4n) is 1.40. The van der Waals surface area contributed by atoms with Crippen LogP contribution in [0, 0.1) is 5.82 Å². The molecule has 0 spiro atoms. The van der Waals surface area contributed by atoms with Gasteiger partial charge in [0, 0.05) is 5.54 Å². The molecule has 7 nitrogen and oxygen atoms in total. The molecule has 0 saturated carbocycles. The molecule has 1 rings (SSSR count). The van der Waals surface area contributed by atoms with Gasteiger partial charge in [-0.1, -0.05) is 0 Å². The minimum Gasteiger partial charge on any atom is -0.482 e. The molecular weight excluding hydrogens is 307 g/mol. The van der Waals surface area contributed by atoms with E-state index < -0.39 is 42.5 Å². The fraction of sp³-hybridized carbons (Fsp3) is 0.400. The van der Waals surface area contributed by atoms with E-state index in [1.807, 2.05) is 5.32 Å². The number of carbonyl (C=O) groups is 3. The molecule has 8 heteroatoms. The smallest absolute Gasteiger partial charge is 0.344 e. The molecule has 1 aromatic carbocycles. The van der Waals surface area contributed by atoms with Crippen LogP contribution in [-0.4, -0.2) is 36.7 Å². The third-order valence-electron chi connectivity index (χ3n) is 2.28. The lowest BCUT2D eigenvalue weighted by Crippen LogP contribution is -2.49. The van der Waals surface area contributed by atoms with E-state index in [1.54, 1.807) is 20.8 Å². The molecule has 0 radical (unpaired) electrons. The van der Waals surface area contributed by atoms with E-state index in [2.05, 4.69) is 10.1 Å². The topological polar surface area (TPSA) is 93.7 Å². The van der Waals surface area contributed by atoms with Crippen LogP contribution in [0.25, 0.3) is 0 Å². The zero-order valence-electron chi connectivity index (χ0n) is 13.1. The number of carbonyl (C=O) groups excluding carboxylic acids is 3. The third kappa shape index (κ3) is 8.40. The van der Waals surface area contributed by atoms with Gasteiger partial charge in [-0.3, -0.25) is 10.1 Å². The van der Waals surface area contributed by atoms with E-state index in [9.17, 15) is 18.8 Å². The second-order valence-electron chi connectivity index (χ2n) is 5.66. The number of amides is 3. The maximum atomic E-state index is 12.7. The monoisotopic (exact) mass is 326 g/mol. The first-order chi connectivity index (χ1) is 10.7. The van der Waals surface area contributed by atoms with Crippen LogP contribution >= 0.6 is 0 Å². The van der Waals surface area contributed by atoms with Gasteiger partial charge < -0.3 is 14.8 Å². The molecule has 0 aliphatic heterocycles. The first kappa shape index (κ1) is 18.4. The molecule has 23 heavy (non-hydrogen) atoms. The van der Waals surface area contributed by atoms with Gasteiger partial charge in [-0.2, -0.15) is 0 Å². The van der Waals surface area contributed by atoms with Crippen molar-refractivity contribution >= 4 is 17.9 Å². The van der Waals surface area contributed by atoms with Crippen LogP contribution in [0.4, 0.5) is 9.18 Å². The number of halogens is 1. The van der Waals surface area contributed by atoms with E-state index in [-0.39, 0.29) is 5.75 Å². The highest BCUT2D eigenvalue weighted by molar-refractivity contribution is 5.95. The van der Waals surface area contributed by atoms with E-state index in [0.717, 1.165) is 0 Å². The van der Waals surface area contributed by atoms with Crippen molar-refractivity contribution in [1.29, 1.82) is 0 Å². The second-order valence-corrected chi connectivity index (χ2v) is 5.66. The number of benzene rings is 1. The predicted molar refractivity (Wildman–Crippen MR) is 79.3 cm³/mol. The van der Waals surface area contributed by atoms with Crippen molar-refractivity contribution in [3.05, 3.63) is 30.1 Å². The summed E-state index contributed by atoms with van der Waals surface area (Å²) in [5, 5.41) is 4.55. The molecule has 0 saturated heterocycles. The standard InChI is InChI=1S/C15H19FN2O5/c1-15(2,3)18-14(21)17-12(19)8-23-13(20)9-22-11-6-4-10(16)5-7-11/h4-7H,8-9H2,1-3H3,(H2,17,18,19,21). The van der Waals surface area contributed by atoms with Crippen molar-refractivity contribution in [3.8, 4) is 5.75 Å². The molecule has 0 aliphatic carbocycles. The number of rotatable bonds is 5. The van der Waals surface area contributed by atoms with Crippen molar-refractivity contribution in [2.24, 2.45) is 0 Å². The average molecular weight is 326 g/mol. The van der Waals surface area contributed by atoms with Crippen LogP contribution in [0.2, 0.25) is 0 Å². The highest BCUT2D eigenvalue weighted by Gasteiger charge is 2.16. The Balaban J connectivity index is 2.26. The summed E-state index contributed by atoms with van der Waals surface area (Å²) < 4.78 is 22.4. The molecule has 0 heterocycles. The second kappa shape index (κ2) is 8.11. The molecule has 0 atom stereocenters. The van der Waals surface area contributed by atoms with Gasteiger partial charge in [0.25, 0.3) is 5.91 Å². The normalized spacial score (nSPS) is 10.6. The van der Waals surface area contributed by atoms with Crippen LogP contribution in [0.15, 0.2) is 24.3 Å². The molecule has 2 N–H and O–H groups in total. The van der Waals surface area contributed by atoms with Crippen molar-refractivity contribution in [3.63, 3.8) is 0 Å². The zero-order chi connectivity index (χ0) is 17.5. The van der Waals surface area contributed by atoms with Gasteiger partial charge >= 0.3 is 12.0 Å². The van der Waals surface area contributed by atoms with Gasteiger partial charge in [0.1, 0.15) is 11.6 Å². The van der Waals surface area contributed by atoms with E-state index in [4.69, 9.17) is 4.74 Å². The van der Waals surface area contributed by atoms with Crippen LogP contribution in [-0.2, 0) is 14.3 Å². The molecule has 3 amide bonds. The SMILES string of the molecule is CC(C)(C)NC(=O)NC(=O)COC(=O)COc1ccc(F)cc1. The summed E-state index contributed by atoms with van der Waals surface area (Å²) >= 11 is 0. The molecule has 126 valence electrons. The van der Waals surface area contributed by atoms with Crippen LogP contribution in [0.5, 0.6) is 5.75 Å². The van der Waals surface area contributed by atoms with E-state index in [1.165, 1.54) is 24.3 Å². The lowest BCUT2D eigenvalue weighted by Gasteiger charge is -2.20. The third-order valence-corrected chi connectivity index (χ3v) is 2.28. The number of nitrogens with one attached hydrogen (secondary N) is 2. The molecule has 0 unspecified atom stereocenters. The van der Waals surface area contributed by atoms with Gasteiger partial charge in [0.05, 0.1) is 0 Å². The number of urea groups is 1. The highest BCUT2D eigenvalue weighted by Crippen LogP contribution is 2.10. The number of esters is 1. The van der Waals surface area contributed by atoms with Gasteiger partial charge in [0.15, 0.2) is 13.2 Å². The lowest BCUT2D eigenvalue weighted by molar-refractivity contribution is -0.150. The highest BCUT2D eigenvalue weighted by atomic mass is 19.1. The first-order valence-corrected chi connectivity index (χ1v) is 6.82. The van der Waals surface area contributed by atoms with Crippen LogP contribution in [0.1, 0.15) is 20.8 Å². The first-order valence-electron chi connectivity index (χ1n) is 6.82. The summed E-state index contributed by atoms with van der Waals surface area (Å²) in [6.07, 6.45) is 0. The number of hydrogen-bond acceptors (Lipinski definition) is 5. The summed E-state index contributed by atoms with van der Waals surface area (Å²) in [6, 6.07) is 4.39. The fourth-order valence-corrected chi connectivity index (χ4v) is 1.40. The minimum absolute atomic E-state index is 0.289. The van der Waals surface area contributed by atoms with Crippen molar-refractivity contribution in [2.75, 3.05) is 13.2 Å². The maximum absolute atomic E-state index is 12.7. The van der Waals surface area contributed by atoms with Crippen molar-refractivity contribution < 1.29 is 28.2 Å². The van der Waals surface area contributed by atoms with Gasteiger partial charge in [-0.25, -0.2) is 14.0 Å². The summed E-state index contributed by atoms with van der Waals surface area (Å²) in [5.74, 6) is -1.69. The Morgan fingerprint density at radius 1 is 1.09 bits per heavy atom. The van der Waals surface area contributed by atoms with Gasteiger partial charge in [-0.15, -0.1) is 0 Å². The van der Waals surface area contributed by atoms with Crippen molar-refractivity contribution in [1.82, 2.24) is 10.6 Å². The molecule has 1 aromatic rings. The Bertz CT molecular complexity index is 566. The quantitative estimate of drug-likeness (QED) is 0.797. The molecule has 0 fully saturated rings. The summed E-state index contributed by atoms with van der Waals surface area (Å²) in [5.41, 5.74) is -0.496.